The molecule has 3 rings (SSSR count). The standard InChI is InChI=1S/C23H25N3O3/c1-16-4-8-18(9-5-16)20-14-24-22(29-20)12-13-23(28)26(3)15-21(27)25-19-10-6-17(2)7-11-19/h4-11,14H,12-13,15H2,1-3H3,(H,25,27). The zero-order valence-electron chi connectivity index (χ0n) is 16.9. The molecule has 6 nitrogen and oxygen atoms in total. The lowest BCUT2D eigenvalue weighted by Gasteiger charge is -2.16. The van der Waals surface area contributed by atoms with Crippen molar-refractivity contribution in [3.63, 3.8) is 0 Å². The highest BCUT2D eigenvalue weighted by atomic mass is 16.4. The van der Waals surface area contributed by atoms with Crippen molar-refractivity contribution in [1.29, 1.82) is 0 Å². The molecule has 0 spiro atoms. The van der Waals surface area contributed by atoms with Gasteiger partial charge in [-0.2, -0.15) is 0 Å². The molecule has 0 bridgehead atoms. The van der Waals surface area contributed by atoms with E-state index in [2.05, 4.69) is 10.3 Å². The summed E-state index contributed by atoms with van der Waals surface area (Å²) >= 11 is 0. The number of carbonyl (C=O) groups excluding carboxylic acids is 2. The van der Waals surface area contributed by atoms with Crippen LogP contribution in [0.15, 0.2) is 59.1 Å². The normalized spacial score (nSPS) is 10.6. The monoisotopic (exact) mass is 391 g/mol. The number of hydrogen-bond donors (Lipinski definition) is 1. The van der Waals surface area contributed by atoms with Crippen molar-refractivity contribution >= 4 is 17.5 Å². The van der Waals surface area contributed by atoms with Crippen molar-refractivity contribution in [1.82, 2.24) is 9.88 Å². The van der Waals surface area contributed by atoms with E-state index in [4.69, 9.17) is 4.42 Å². The van der Waals surface area contributed by atoms with Crippen molar-refractivity contribution in [2.75, 3.05) is 18.9 Å². The molecule has 1 N–H and O–H groups in total. The quantitative estimate of drug-likeness (QED) is 0.661. The number of benzene rings is 2. The Hall–Kier alpha value is -3.41. The van der Waals surface area contributed by atoms with Crippen LogP contribution in [0.3, 0.4) is 0 Å². The van der Waals surface area contributed by atoms with Crippen LogP contribution in [-0.4, -0.2) is 35.3 Å². The van der Waals surface area contributed by atoms with E-state index < -0.39 is 0 Å². The molecule has 150 valence electrons. The van der Waals surface area contributed by atoms with Gasteiger partial charge in [-0.1, -0.05) is 47.5 Å². The summed E-state index contributed by atoms with van der Waals surface area (Å²) < 4.78 is 5.75. The fourth-order valence-electron chi connectivity index (χ4n) is 2.82. The van der Waals surface area contributed by atoms with Crippen molar-refractivity contribution in [3.05, 3.63) is 71.7 Å². The Bertz CT molecular complexity index is 975. The summed E-state index contributed by atoms with van der Waals surface area (Å²) in [4.78, 5) is 30.1. The van der Waals surface area contributed by atoms with Gasteiger partial charge < -0.3 is 14.6 Å². The maximum Gasteiger partial charge on any atom is 0.243 e. The SMILES string of the molecule is Cc1ccc(NC(=O)CN(C)C(=O)CCc2ncc(-c3ccc(C)cc3)o2)cc1. The molecule has 1 heterocycles. The molecule has 0 atom stereocenters. The number of oxazole rings is 1. The summed E-state index contributed by atoms with van der Waals surface area (Å²) in [5.41, 5.74) is 3.95. The van der Waals surface area contributed by atoms with Crippen molar-refractivity contribution in [3.8, 4) is 11.3 Å². The smallest absolute Gasteiger partial charge is 0.243 e. The number of anilines is 1. The van der Waals surface area contributed by atoms with Crippen molar-refractivity contribution in [2.45, 2.75) is 26.7 Å². The number of rotatable bonds is 7. The first-order valence-corrected chi connectivity index (χ1v) is 9.53. The largest absolute Gasteiger partial charge is 0.441 e. The minimum atomic E-state index is -0.234. The molecular weight excluding hydrogens is 366 g/mol. The molecule has 0 saturated carbocycles. The van der Waals surface area contributed by atoms with E-state index in [1.165, 1.54) is 10.5 Å². The molecule has 1 aromatic heterocycles. The summed E-state index contributed by atoms with van der Waals surface area (Å²) in [5.74, 6) is 0.811. The molecule has 29 heavy (non-hydrogen) atoms. The number of likely N-dealkylation sites (N-methyl/N-ethyl adjacent to an activating group) is 1. The third-order valence-electron chi connectivity index (χ3n) is 4.58. The van der Waals surface area contributed by atoms with Crippen molar-refractivity contribution in [2.24, 2.45) is 0 Å². The predicted molar refractivity (Wildman–Crippen MR) is 112 cm³/mol. The zero-order chi connectivity index (χ0) is 20.8. The maximum absolute atomic E-state index is 12.3. The number of amides is 2. The van der Waals surface area contributed by atoms with Crippen LogP contribution >= 0.6 is 0 Å². The molecule has 0 aliphatic carbocycles. The second-order valence-corrected chi connectivity index (χ2v) is 7.15. The molecule has 0 saturated heterocycles. The van der Waals surface area contributed by atoms with E-state index in [0.717, 1.165) is 11.1 Å². The van der Waals surface area contributed by atoms with Crippen LogP contribution in [0.4, 0.5) is 5.69 Å². The van der Waals surface area contributed by atoms with Gasteiger partial charge in [0.05, 0.1) is 12.7 Å². The average Bonchev–Trinajstić information content (AvgIpc) is 3.17. The third-order valence-corrected chi connectivity index (χ3v) is 4.58. The van der Waals surface area contributed by atoms with Gasteiger partial charge in [0.15, 0.2) is 11.7 Å². The van der Waals surface area contributed by atoms with Gasteiger partial charge in [-0.3, -0.25) is 9.59 Å². The lowest BCUT2D eigenvalue weighted by molar-refractivity contribution is -0.133. The van der Waals surface area contributed by atoms with Gasteiger partial charge in [0.2, 0.25) is 11.8 Å². The van der Waals surface area contributed by atoms with Gasteiger partial charge in [-0.25, -0.2) is 4.98 Å². The number of carbonyl (C=O) groups is 2. The Morgan fingerprint density at radius 1 is 1.00 bits per heavy atom. The molecule has 0 aliphatic heterocycles. The summed E-state index contributed by atoms with van der Waals surface area (Å²) in [5, 5.41) is 2.79. The molecule has 3 aromatic rings. The first-order valence-electron chi connectivity index (χ1n) is 9.53. The van der Waals surface area contributed by atoms with Gasteiger partial charge in [0.1, 0.15) is 0 Å². The lowest BCUT2D eigenvalue weighted by Crippen LogP contribution is -2.35. The van der Waals surface area contributed by atoms with E-state index in [0.29, 0.717) is 23.8 Å². The highest BCUT2D eigenvalue weighted by Gasteiger charge is 2.15. The van der Waals surface area contributed by atoms with Crippen LogP contribution in [0.1, 0.15) is 23.4 Å². The Morgan fingerprint density at radius 2 is 1.62 bits per heavy atom. The van der Waals surface area contributed by atoms with Gasteiger partial charge in [0.25, 0.3) is 0 Å². The highest BCUT2D eigenvalue weighted by Crippen LogP contribution is 2.21. The number of hydrogen-bond acceptors (Lipinski definition) is 4. The summed E-state index contributed by atoms with van der Waals surface area (Å²) in [7, 11) is 1.62. The number of aromatic nitrogens is 1. The Kier molecular flexibility index (Phi) is 6.44. The van der Waals surface area contributed by atoms with Crippen LogP contribution < -0.4 is 5.32 Å². The molecule has 0 aliphatic rings. The van der Waals surface area contributed by atoms with E-state index in [9.17, 15) is 9.59 Å². The average molecular weight is 391 g/mol. The zero-order valence-corrected chi connectivity index (χ0v) is 16.9. The van der Waals surface area contributed by atoms with E-state index in [-0.39, 0.29) is 24.8 Å². The molecule has 6 heteroatoms. The Labute approximate surface area is 170 Å². The molecule has 0 radical (unpaired) electrons. The number of nitrogens with zero attached hydrogens (tertiary/aromatic N) is 2. The van der Waals surface area contributed by atoms with Crippen LogP contribution in [0, 0.1) is 13.8 Å². The van der Waals surface area contributed by atoms with Crippen LogP contribution in [-0.2, 0) is 16.0 Å². The van der Waals surface area contributed by atoms with Crippen molar-refractivity contribution < 1.29 is 14.0 Å². The van der Waals surface area contributed by atoms with Crippen LogP contribution in [0.25, 0.3) is 11.3 Å². The molecule has 0 fully saturated rings. The predicted octanol–water partition coefficient (Wildman–Crippen LogP) is 3.99. The first-order chi connectivity index (χ1) is 13.9. The summed E-state index contributed by atoms with van der Waals surface area (Å²) in [6.45, 7) is 4.00. The van der Waals surface area contributed by atoms with Gasteiger partial charge in [-0.05, 0) is 26.0 Å². The van der Waals surface area contributed by atoms with E-state index in [1.54, 1.807) is 13.2 Å². The fraction of sp³-hybridized carbons (Fsp3) is 0.261. The third kappa shape index (κ3) is 5.78. The Morgan fingerprint density at radius 3 is 2.28 bits per heavy atom. The Balaban J connectivity index is 1.48. The second-order valence-electron chi connectivity index (χ2n) is 7.15. The summed E-state index contributed by atoms with van der Waals surface area (Å²) in [6.07, 6.45) is 2.28. The number of aryl methyl sites for hydroxylation is 3. The second kappa shape index (κ2) is 9.19. The fourth-order valence-corrected chi connectivity index (χ4v) is 2.82. The van der Waals surface area contributed by atoms with Crippen LogP contribution in [0.2, 0.25) is 0 Å². The van der Waals surface area contributed by atoms with E-state index in [1.807, 2.05) is 62.4 Å². The van der Waals surface area contributed by atoms with Gasteiger partial charge >= 0.3 is 0 Å². The molecule has 0 unspecified atom stereocenters. The highest BCUT2D eigenvalue weighted by molar-refractivity contribution is 5.94. The number of nitrogens with one attached hydrogen (secondary N) is 1. The molecular formula is C23H25N3O3. The van der Waals surface area contributed by atoms with Gasteiger partial charge in [-0.15, -0.1) is 0 Å². The maximum atomic E-state index is 12.3. The lowest BCUT2D eigenvalue weighted by atomic mass is 10.1. The molecule has 2 aromatic carbocycles. The van der Waals surface area contributed by atoms with Gasteiger partial charge in [0, 0.05) is 31.1 Å². The molecule has 2 amide bonds. The summed E-state index contributed by atoms with van der Waals surface area (Å²) in [6, 6.07) is 15.5. The van der Waals surface area contributed by atoms with Crippen LogP contribution in [0.5, 0.6) is 0 Å². The van der Waals surface area contributed by atoms with E-state index >= 15 is 0 Å². The topological polar surface area (TPSA) is 75.4 Å². The minimum absolute atomic E-state index is 0.00703. The first kappa shape index (κ1) is 20.3. The minimum Gasteiger partial charge on any atom is -0.441 e.